The van der Waals surface area contributed by atoms with Gasteiger partial charge >= 0.3 is 0 Å². The van der Waals surface area contributed by atoms with Crippen LogP contribution in [0.15, 0.2) is 30.5 Å². The Kier molecular flexibility index (Phi) is 3.11. The fourth-order valence-corrected chi connectivity index (χ4v) is 1.64. The molecule has 0 atom stereocenters. The second kappa shape index (κ2) is 4.53. The van der Waals surface area contributed by atoms with Crippen LogP contribution in [0.5, 0.6) is 0 Å². The molecule has 0 aliphatic heterocycles. The van der Waals surface area contributed by atoms with E-state index in [1.54, 1.807) is 16.8 Å². The zero-order valence-electron chi connectivity index (χ0n) is 7.90. The van der Waals surface area contributed by atoms with E-state index in [2.05, 4.69) is 26.2 Å². The number of hydrogen-bond acceptors (Lipinski definition) is 2. The molecular weight excluding hydrogens is 261 g/mol. The molecule has 2 rings (SSSR count). The van der Waals surface area contributed by atoms with Crippen LogP contribution < -0.4 is 0 Å². The quantitative estimate of drug-likeness (QED) is 0.801. The molecule has 0 fully saturated rings. The van der Waals surface area contributed by atoms with E-state index in [0.717, 1.165) is 23.1 Å². The minimum Gasteiger partial charge on any atom is -0.220 e. The van der Waals surface area contributed by atoms with Gasteiger partial charge in [0.25, 0.3) is 0 Å². The normalized spacial score (nSPS) is 10.5. The zero-order chi connectivity index (χ0) is 10.7. The first-order valence-corrected chi connectivity index (χ1v) is 5.65. The summed E-state index contributed by atoms with van der Waals surface area (Å²) in [5.41, 5.74) is 1.72. The molecule has 0 spiro atoms. The van der Waals surface area contributed by atoms with Gasteiger partial charge in [0.1, 0.15) is 5.82 Å². The van der Waals surface area contributed by atoms with Gasteiger partial charge < -0.3 is 0 Å². The van der Waals surface area contributed by atoms with Crippen LogP contribution in [-0.2, 0) is 6.42 Å². The molecule has 0 saturated heterocycles. The molecule has 1 aromatic heterocycles. The van der Waals surface area contributed by atoms with Gasteiger partial charge in [-0.25, -0.2) is 9.07 Å². The average molecular weight is 270 g/mol. The Hall–Kier alpha value is -1.23. The van der Waals surface area contributed by atoms with Gasteiger partial charge in [-0.15, -0.1) is 5.10 Å². The molecule has 15 heavy (non-hydrogen) atoms. The van der Waals surface area contributed by atoms with Crippen molar-refractivity contribution in [3.63, 3.8) is 0 Å². The minimum absolute atomic E-state index is 0.250. The molecule has 0 bridgehead atoms. The van der Waals surface area contributed by atoms with Crippen molar-refractivity contribution >= 4 is 15.9 Å². The van der Waals surface area contributed by atoms with Gasteiger partial charge in [-0.2, -0.15) is 0 Å². The van der Waals surface area contributed by atoms with E-state index in [4.69, 9.17) is 0 Å². The lowest BCUT2D eigenvalue weighted by atomic mass is 10.3. The van der Waals surface area contributed by atoms with Crippen molar-refractivity contribution in [3.05, 3.63) is 42.0 Å². The number of benzene rings is 1. The van der Waals surface area contributed by atoms with E-state index < -0.39 is 0 Å². The summed E-state index contributed by atoms with van der Waals surface area (Å²) in [5, 5.41) is 8.81. The van der Waals surface area contributed by atoms with Crippen molar-refractivity contribution < 1.29 is 4.39 Å². The Morgan fingerprint density at radius 3 is 2.67 bits per heavy atom. The smallest absolute Gasteiger partial charge is 0.123 e. The number of rotatable bonds is 3. The monoisotopic (exact) mass is 269 g/mol. The SMILES string of the molecule is Fc1ccc(-n2cc(CCBr)nn2)cc1. The maximum Gasteiger partial charge on any atom is 0.123 e. The molecule has 1 aromatic carbocycles. The third-order valence-corrected chi connectivity index (χ3v) is 2.38. The van der Waals surface area contributed by atoms with Gasteiger partial charge in [-0.1, -0.05) is 21.1 Å². The lowest BCUT2D eigenvalue weighted by Gasteiger charge is -1.98. The van der Waals surface area contributed by atoms with Gasteiger partial charge in [0.2, 0.25) is 0 Å². The van der Waals surface area contributed by atoms with Gasteiger partial charge in [0.15, 0.2) is 0 Å². The highest BCUT2D eigenvalue weighted by Gasteiger charge is 2.01. The van der Waals surface area contributed by atoms with Crippen LogP contribution in [0.4, 0.5) is 4.39 Å². The van der Waals surface area contributed by atoms with Crippen LogP contribution in [0.3, 0.4) is 0 Å². The third-order valence-electron chi connectivity index (χ3n) is 1.98. The van der Waals surface area contributed by atoms with Crippen LogP contribution in [0, 0.1) is 5.82 Å². The Morgan fingerprint density at radius 1 is 1.27 bits per heavy atom. The lowest BCUT2D eigenvalue weighted by molar-refractivity contribution is 0.626. The third kappa shape index (κ3) is 2.41. The van der Waals surface area contributed by atoms with Crippen molar-refractivity contribution in [1.82, 2.24) is 15.0 Å². The van der Waals surface area contributed by atoms with Crippen LogP contribution in [0.2, 0.25) is 0 Å². The number of nitrogens with zero attached hydrogens (tertiary/aromatic N) is 3. The summed E-state index contributed by atoms with van der Waals surface area (Å²) in [5.74, 6) is -0.250. The summed E-state index contributed by atoms with van der Waals surface area (Å²) >= 11 is 3.33. The maximum absolute atomic E-state index is 12.7. The Morgan fingerprint density at radius 2 is 2.00 bits per heavy atom. The summed E-state index contributed by atoms with van der Waals surface area (Å²) in [6, 6.07) is 6.15. The van der Waals surface area contributed by atoms with Crippen LogP contribution in [0.25, 0.3) is 5.69 Å². The predicted molar refractivity (Wildman–Crippen MR) is 58.8 cm³/mol. The Bertz CT molecular complexity index is 438. The molecule has 5 heteroatoms. The van der Waals surface area contributed by atoms with Gasteiger partial charge in [0, 0.05) is 11.8 Å². The largest absolute Gasteiger partial charge is 0.220 e. The number of aromatic nitrogens is 3. The number of alkyl halides is 1. The van der Waals surface area contributed by atoms with Crippen molar-refractivity contribution in [1.29, 1.82) is 0 Å². The van der Waals surface area contributed by atoms with E-state index in [1.165, 1.54) is 12.1 Å². The predicted octanol–water partition coefficient (Wildman–Crippen LogP) is 2.34. The fourth-order valence-electron chi connectivity index (χ4n) is 1.23. The zero-order valence-corrected chi connectivity index (χ0v) is 9.48. The Labute approximate surface area is 95.0 Å². The standard InChI is InChI=1S/C10H9BrFN3/c11-6-5-9-7-15(14-13-9)10-3-1-8(12)2-4-10/h1-4,7H,5-6H2. The van der Waals surface area contributed by atoms with Crippen molar-refractivity contribution in [3.8, 4) is 5.69 Å². The average Bonchev–Trinajstić information content (AvgIpc) is 2.68. The van der Waals surface area contributed by atoms with Gasteiger partial charge in [-0.3, -0.25) is 0 Å². The first kappa shape index (κ1) is 10.3. The molecule has 2 aromatic rings. The summed E-state index contributed by atoms with van der Waals surface area (Å²) in [6.45, 7) is 0. The highest BCUT2D eigenvalue weighted by atomic mass is 79.9. The van der Waals surface area contributed by atoms with Crippen molar-refractivity contribution in [2.45, 2.75) is 6.42 Å². The number of aryl methyl sites for hydroxylation is 1. The molecule has 3 nitrogen and oxygen atoms in total. The minimum atomic E-state index is -0.250. The first-order chi connectivity index (χ1) is 7.29. The number of hydrogen-bond donors (Lipinski definition) is 0. The second-order valence-electron chi connectivity index (χ2n) is 3.07. The number of halogens is 2. The summed E-state index contributed by atoms with van der Waals surface area (Å²) in [4.78, 5) is 0. The molecule has 78 valence electrons. The second-order valence-corrected chi connectivity index (χ2v) is 3.86. The molecular formula is C10H9BrFN3. The van der Waals surface area contributed by atoms with Gasteiger partial charge in [-0.05, 0) is 24.3 Å². The lowest BCUT2D eigenvalue weighted by Crippen LogP contribution is -1.94. The molecule has 0 saturated carbocycles. The van der Waals surface area contributed by atoms with E-state index in [0.29, 0.717) is 0 Å². The maximum atomic E-state index is 12.7. The highest BCUT2D eigenvalue weighted by molar-refractivity contribution is 9.09. The highest BCUT2D eigenvalue weighted by Crippen LogP contribution is 2.08. The molecule has 0 unspecified atom stereocenters. The molecule has 0 radical (unpaired) electrons. The van der Waals surface area contributed by atoms with Gasteiger partial charge in [0.05, 0.1) is 17.6 Å². The molecule has 0 aliphatic carbocycles. The summed E-state index contributed by atoms with van der Waals surface area (Å²) in [7, 11) is 0. The molecule has 0 amide bonds. The van der Waals surface area contributed by atoms with E-state index in [1.807, 2.05) is 6.20 Å². The Balaban J connectivity index is 2.25. The molecule has 1 heterocycles. The summed E-state index contributed by atoms with van der Waals surface area (Å²) < 4.78 is 14.3. The van der Waals surface area contributed by atoms with Crippen LogP contribution in [-0.4, -0.2) is 20.3 Å². The van der Waals surface area contributed by atoms with E-state index >= 15 is 0 Å². The van der Waals surface area contributed by atoms with E-state index in [9.17, 15) is 4.39 Å². The fraction of sp³-hybridized carbons (Fsp3) is 0.200. The molecule has 0 N–H and O–H groups in total. The van der Waals surface area contributed by atoms with E-state index in [-0.39, 0.29) is 5.82 Å². The van der Waals surface area contributed by atoms with Crippen LogP contribution >= 0.6 is 15.9 Å². The van der Waals surface area contributed by atoms with Crippen molar-refractivity contribution in [2.24, 2.45) is 0 Å². The van der Waals surface area contributed by atoms with Crippen LogP contribution in [0.1, 0.15) is 5.69 Å². The molecule has 0 aliphatic rings. The van der Waals surface area contributed by atoms with Crippen molar-refractivity contribution in [2.75, 3.05) is 5.33 Å². The first-order valence-electron chi connectivity index (χ1n) is 4.53. The summed E-state index contributed by atoms with van der Waals surface area (Å²) in [6.07, 6.45) is 2.68. The topological polar surface area (TPSA) is 30.7 Å².